The number of benzene rings is 2. The van der Waals surface area contributed by atoms with Crippen LogP contribution in [0.1, 0.15) is 5.89 Å². The topological polar surface area (TPSA) is 67.6 Å². The quantitative estimate of drug-likeness (QED) is 0.452. The van der Waals surface area contributed by atoms with Crippen molar-refractivity contribution in [3.63, 3.8) is 0 Å². The van der Waals surface area contributed by atoms with E-state index in [0.29, 0.717) is 22.6 Å². The summed E-state index contributed by atoms with van der Waals surface area (Å²) in [6.07, 6.45) is 0. The van der Waals surface area contributed by atoms with Crippen LogP contribution in [0.25, 0.3) is 22.5 Å². The van der Waals surface area contributed by atoms with Gasteiger partial charge in [0.05, 0.1) is 16.8 Å². The molecule has 0 unspecified atom stereocenters. The van der Waals surface area contributed by atoms with Gasteiger partial charge in [-0.15, -0.1) is 10.2 Å². The highest BCUT2D eigenvalue weighted by Gasteiger charge is 2.10. The first-order valence-corrected chi connectivity index (χ1v) is 9.19. The van der Waals surface area contributed by atoms with E-state index in [-0.39, 0.29) is 0 Å². The number of nitrogens with zero attached hydrogens (tertiary/aromatic N) is 3. The van der Waals surface area contributed by atoms with Crippen molar-refractivity contribution < 1.29 is 4.42 Å². The molecule has 0 aliphatic rings. The first kappa shape index (κ1) is 15.7. The molecular formula is C16H10BrClN4OS. The van der Waals surface area contributed by atoms with Crippen molar-refractivity contribution in [3.05, 3.63) is 57.9 Å². The number of hydrogen-bond acceptors (Lipinski definition) is 5. The Morgan fingerprint density at radius 3 is 2.79 bits per heavy atom. The minimum absolute atomic E-state index is 0.509. The maximum atomic E-state index is 5.98. The zero-order chi connectivity index (χ0) is 16.5. The monoisotopic (exact) mass is 420 g/mol. The molecule has 0 radical (unpaired) electrons. The van der Waals surface area contributed by atoms with Crippen LogP contribution in [-0.2, 0) is 5.75 Å². The van der Waals surface area contributed by atoms with Gasteiger partial charge in [-0.25, -0.2) is 4.98 Å². The van der Waals surface area contributed by atoms with Gasteiger partial charge < -0.3 is 9.40 Å². The largest absolute Gasteiger partial charge is 0.420 e. The number of rotatable bonds is 4. The van der Waals surface area contributed by atoms with E-state index >= 15 is 0 Å². The summed E-state index contributed by atoms with van der Waals surface area (Å²) in [5.74, 6) is 1.60. The summed E-state index contributed by atoms with van der Waals surface area (Å²) in [4.78, 5) is 7.72. The molecule has 0 aliphatic carbocycles. The van der Waals surface area contributed by atoms with Crippen molar-refractivity contribution in [2.45, 2.75) is 10.9 Å². The van der Waals surface area contributed by atoms with E-state index in [1.54, 1.807) is 0 Å². The van der Waals surface area contributed by atoms with Crippen LogP contribution in [0.3, 0.4) is 0 Å². The Bertz CT molecular complexity index is 999. The van der Waals surface area contributed by atoms with Crippen LogP contribution in [0.4, 0.5) is 0 Å². The van der Waals surface area contributed by atoms with Crippen LogP contribution in [0, 0.1) is 0 Å². The van der Waals surface area contributed by atoms with Gasteiger partial charge in [-0.05, 0) is 42.5 Å². The molecule has 0 fully saturated rings. The number of H-pyrrole nitrogens is 1. The van der Waals surface area contributed by atoms with Crippen LogP contribution in [0.2, 0.25) is 5.02 Å². The first-order chi connectivity index (χ1) is 11.7. The van der Waals surface area contributed by atoms with Crippen molar-refractivity contribution in [3.8, 4) is 11.5 Å². The Kier molecular flexibility index (Phi) is 4.30. The van der Waals surface area contributed by atoms with Gasteiger partial charge in [-0.3, -0.25) is 0 Å². The van der Waals surface area contributed by atoms with E-state index in [4.69, 9.17) is 16.0 Å². The van der Waals surface area contributed by atoms with Gasteiger partial charge in [0.1, 0.15) is 0 Å². The molecule has 4 aromatic rings. The van der Waals surface area contributed by atoms with Gasteiger partial charge in [0.25, 0.3) is 0 Å². The van der Waals surface area contributed by atoms with Crippen molar-refractivity contribution in [1.29, 1.82) is 0 Å². The number of fused-ring (bicyclic) bond motifs is 1. The molecule has 4 rings (SSSR count). The second-order valence-corrected chi connectivity index (χ2v) is 7.32. The maximum absolute atomic E-state index is 5.98. The molecule has 1 N–H and O–H groups in total. The molecule has 0 amide bonds. The Balaban J connectivity index is 1.48. The zero-order valence-corrected chi connectivity index (χ0v) is 15.3. The van der Waals surface area contributed by atoms with Crippen molar-refractivity contribution >= 4 is 50.3 Å². The lowest BCUT2D eigenvalue weighted by atomic mass is 10.2. The average molecular weight is 422 g/mol. The fourth-order valence-electron chi connectivity index (χ4n) is 2.18. The molecule has 0 saturated carbocycles. The molecule has 8 heteroatoms. The van der Waals surface area contributed by atoms with Crippen LogP contribution < -0.4 is 0 Å². The van der Waals surface area contributed by atoms with Gasteiger partial charge in [-0.2, -0.15) is 0 Å². The summed E-state index contributed by atoms with van der Waals surface area (Å²) in [7, 11) is 0. The highest BCUT2D eigenvalue weighted by atomic mass is 79.9. The summed E-state index contributed by atoms with van der Waals surface area (Å²) in [6.45, 7) is 0. The fraction of sp³-hybridized carbons (Fsp3) is 0.0625. The molecule has 120 valence electrons. The number of thioether (sulfide) groups is 1. The molecule has 2 heterocycles. The fourth-order valence-corrected chi connectivity index (χ4v) is 3.34. The van der Waals surface area contributed by atoms with E-state index < -0.39 is 0 Å². The molecule has 0 atom stereocenters. The highest BCUT2D eigenvalue weighted by molar-refractivity contribution is 9.10. The van der Waals surface area contributed by atoms with Crippen molar-refractivity contribution in [1.82, 2.24) is 20.2 Å². The zero-order valence-electron chi connectivity index (χ0n) is 12.2. The van der Waals surface area contributed by atoms with Gasteiger partial charge in [0.2, 0.25) is 11.8 Å². The first-order valence-electron chi connectivity index (χ1n) is 7.04. The van der Waals surface area contributed by atoms with E-state index in [0.717, 1.165) is 26.2 Å². The molecule has 0 spiro atoms. The van der Waals surface area contributed by atoms with Crippen LogP contribution in [-0.4, -0.2) is 20.2 Å². The third kappa shape index (κ3) is 3.33. The second kappa shape index (κ2) is 6.58. The molecule has 0 aliphatic heterocycles. The normalized spacial score (nSPS) is 11.2. The smallest absolute Gasteiger partial charge is 0.247 e. The molecule has 0 bridgehead atoms. The SMILES string of the molecule is Clc1ccc2nc(SCc3nnc(-c4ccc(Br)cc4)o3)[nH]c2c1. The Morgan fingerprint density at radius 1 is 1.12 bits per heavy atom. The Hall–Kier alpha value is -1.83. The lowest BCUT2D eigenvalue weighted by Crippen LogP contribution is -1.81. The minimum atomic E-state index is 0.509. The van der Waals surface area contributed by atoms with E-state index in [1.807, 2.05) is 42.5 Å². The van der Waals surface area contributed by atoms with Gasteiger partial charge in [0, 0.05) is 15.1 Å². The number of imidazole rings is 1. The predicted octanol–water partition coefficient (Wildman–Crippen LogP) is 5.32. The van der Waals surface area contributed by atoms with Gasteiger partial charge in [0.15, 0.2) is 5.16 Å². The summed E-state index contributed by atoms with van der Waals surface area (Å²) in [5, 5.41) is 9.64. The maximum Gasteiger partial charge on any atom is 0.247 e. The van der Waals surface area contributed by atoms with Crippen LogP contribution in [0.5, 0.6) is 0 Å². The van der Waals surface area contributed by atoms with Crippen molar-refractivity contribution in [2.24, 2.45) is 0 Å². The van der Waals surface area contributed by atoms with E-state index in [2.05, 4.69) is 36.1 Å². The van der Waals surface area contributed by atoms with Crippen LogP contribution >= 0.6 is 39.3 Å². The third-order valence-electron chi connectivity index (χ3n) is 3.31. The minimum Gasteiger partial charge on any atom is -0.420 e. The predicted molar refractivity (Wildman–Crippen MR) is 98.1 cm³/mol. The van der Waals surface area contributed by atoms with E-state index in [9.17, 15) is 0 Å². The molecule has 2 aromatic carbocycles. The second-order valence-electron chi connectivity index (χ2n) is 5.00. The summed E-state index contributed by atoms with van der Waals surface area (Å²) >= 11 is 10.9. The van der Waals surface area contributed by atoms with Gasteiger partial charge >= 0.3 is 0 Å². The number of hydrogen-bond donors (Lipinski definition) is 1. The molecule has 24 heavy (non-hydrogen) atoms. The highest BCUT2D eigenvalue weighted by Crippen LogP contribution is 2.26. The Labute approximate surface area is 155 Å². The van der Waals surface area contributed by atoms with Crippen molar-refractivity contribution in [2.75, 3.05) is 0 Å². The van der Waals surface area contributed by atoms with Gasteiger partial charge in [-0.1, -0.05) is 39.3 Å². The summed E-state index contributed by atoms with van der Waals surface area (Å²) in [5.41, 5.74) is 2.68. The number of nitrogens with one attached hydrogen (secondary N) is 1. The molecule has 0 saturated heterocycles. The third-order valence-corrected chi connectivity index (χ3v) is 4.93. The average Bonchev–Trinajstić information content (AvgIpc) is 3.19. The number of aromatic amines is 1. The lowest BCUT2D eigenvalue weighted by Gasteiger charge is -1.95. The molecule has 2 aromatic heterocycles. The number of halogens is 2. The number of aromatic nitrogens is 4. The van der Waals surface area contributed by atoms with E-state index in [1.165, 1.54) is 11.8 Å². The Morgan fingerprint density at radius 2 is 1.96 bits per heavy atom. The standard InChI is InChI=1S/C16H10BrClN4OS/c17-10-3-1-9(2-4-10)15-22-21-14(23-15)8-24-16-19-12-6-5-11(18)7-13(12)20-16/h1-7H,8H2,(H,19,20). The van der Waals surface area contributed by atoms with Crippen LogP contribution in [0.15, 0.2) is 56.5 Å². The summed E-state index contributed by atoms with van der Waals surface area (Å²) < 4.78 is 6.71. The molecule has 5 nitrogen and oxygen atoms in total. The molecular weight excluding hydrogens is 412 g/mol. The lowest BCUT2D eigenvalue weighted by molar-refractivity contribution is 0.528. The summed E-state index contributed by atoms with van der Waals surface area (Å²) in [6, 6.07) is 13.3.